The van der Waals surface area contributed by atoms with Gasteiger partial charge in [0.15, 0.2) is 0 Å². The summed E-state index contributed by atoms with van der Waals surface area (Å²) in [6.45, 7) is 1.64. The lowest BCUT2D eigenvalue weighted by Gasteiger charge is -2.03. The number of nitrogens with two attached hydrogens (primary N) is 1. The molecule has 1 aromatic heterocycles. The highest BCUT2D eigenvalue weighted by molar-refractivity contribution is 7.19. The second-order valence-electron chi connectivity index (χ2n) is 6.44. The van der Waals surface area contributed by atoms with Gasteiger partial charge in [0.2, 0.25) is 0 Å². The van der Waals surface area contributed by atoms with E-state index in [2.05, 4.69) is 34.6 Å². The lowest BCUT2D eigenvalue weighted by molar-refractivity contribution is 0.775. The molecule has 4 rings (SSSR count). The number of hydrogen-bond acceptors (Lipinski definition) is 4. The Labute approximate surface area is 157 Å². The number of aromatic nitrogens is 1. The Hall–Kier alpha value is -2.66. The first kappa shape index (κ1) is 16.8. The Morgan fingerprint density at radius 2 is 1.88 bits per heavy atom. The number of anilines is 1. The fourth-order valence-corrected chi connectivity index (χ4v) is 4.08. The molecule has 1 aliphatic rings. The predicted molar refractivity (Wildman–Crippen MR) is 110 cm³/mol. The van der Waals surface area contributed by atoms with E-state index in [0.29, 0.717) is 12.4 Å². The second kappa shape index (κ2) is 7.70. The molecule has 3 aromatic rings. The molecule has 0 saturated heterocycles. The highest BCUT2D eigenvalue weighted by atomic mass is 32.1. The fraction of sp³-hybridized carbons (Fsp3) is 0.238. The third-order valence-corrected chi connectivity index (χ3v) is 5.63. The number of fused-ring (bicyclic) bond motifs is 1. The van der Waals surface area contributed by atoms with Gasteiger partial charge in [0, 0.05) is 17.7 Å². The van der Waals surface area contributed by atoms with Crippen LogP contribution in [0.15, 0.2) is 59.6 Å². The molecule has 0 amide bonds. The van der Waals surface area contributed by atoms with Gasteiger partial charge >= 0.3 is 0 Å². The lowest BCUT2D eigenvalue weighted by Crippen LogP contribution is -2.13. The van der Waals surface area contributed by atoms with E-state index in [1.807, 2.05) is 30.3 Å². The molecule has 132 valence electrons. The Bertz CT molecular complexity index is 874. The first-order valence-corrected chi connectivity index (χ1v) is 9.79. The van der Waals surface area contributed by atoms with Crippen LogP contribution in [0, 0.1) is 0 Å². The molecule has 3 N–H and O–H groups in total. The average Bonchev–Trinajstić information content (AvgIpc) is 2.97. The van der Waals surface area contributed by atoms with E-state index in [4.69, 9.17) is 10.7 Å². The zero-order valence-corrected chi connectivity index (χ0v) is 15.4. The van der Waals surface area contributed by atoms with Gasteiger partial charge in [-0.25, -0.2) is 4.98 Å². The lowest BCUT2D eigenvalue weighted by atomic mass is 10.1. The number of nitrogens with zero attached hydrogens (tertiary/aromatic N) is 2. The first-order valence-electron chi connectivity index (χ1n) is 8.98. The van der Waals surface area contributed by atoms with Crippen molar-refractivity contribution in [1.29, 1.82) is 0 Å². The maximum absolute atomic E-state index is 6.16. The SMILES string of the molecule is NC(=NCc1ccccc1)c1ccc(-c2nc3c(s2)NCCCC3)cc1. The van der Waals surface area contributed by atoms with E-state index >= 15 is 0 Å². The first-order chi connectivity index (χ1) is 12.8. The van der Waals surface area contributed by atoms with E-state index in [-0.39, 0.29) is 0 Å². The van der Waals surface area contributed by atoms with E-state index in [1.54, 1.807) is 11.3 Å². The molecule has 4 nitrogen and oxygen atoms in total. The van der Waals surface area contributed by atoms with Gasteiger partial charge < -0.3 is 11.1 Å². The standard InChI is InChI=1S/C21H22N4S/c22-19(24-14-15-6-2-1-3-7-15)16-9-11-17(12-10-16)20-25-18-8-4-5-13-23-21(18)26-20/h1-3,6-7,9-12,23H,4-5,8,13-14H2,(H2,22,24). The molecule has 0 radical (unpaired) electrons. The van der Waals surface area contributed by atoms with Crippen molar-refractivity contribution in [2.24, 2.45) is 10.7 Å². The maximum atomic E-state index is 6.16. The van der Waals surface area contributed by atoms with Crippen molar-refractivity contribution < 1.29 is 0 Å². The van der Waals surface area contributed by atoms with Crippen LogP contribution in [-0.4, -0.2) is 17.4 Å². The van der Waals surface area contributed by atoms with Crippen molar-refractivity contribution in [3.05, 3.63) is 71.4 Å². The Morgan fingerprint density at radius 1 is 1.08 bits per heavy atom. The Morgan fingerprint density at radius 3 is 2.69 bits per heavy atom. The molecular weight excluding hydrogens is 340 g/mol. The largest absolute Gasteiger partial charge is 0.383 e. The molecule has 0 bridgehead atoms. The van der Waals surface area contributed by atoms with Crippen molar-refractivity contribution in [1.82, 2.24) is 4.98 Å². The molecule has 0 fully saturated rings. The minimum absolute atomic E-state index is 0.567. The summed E-state index contributed by atoms with van der Waals surface area (Å²) in [7, 11) is 0. The summed E-state index contributed by atoms with van der Waals surface area (Å²) in [4.78, 5) is 9.33. The molecule has 0 unspecified atom stereocenters. The molecule has 0 aliphatic carbocycles. The number of hydrogen-bond donors (Lipinski definition) is 2. The van der Waals surface area contributed by atoms with Gasteiger partial charge in [0.1, 0.15) is 15.8 Å². The van der Waals surface area contributed by atoms with Crippen molar-refractivity contribution in [3.8, 4) is 10.6 Å². The molecule has 2 heterocycles. The van der Waals surface area contributed by atoms with Crippen LogP contribution in [0.25, 0.3) is 10.6 Å². The molecule has 0 atom stereocenters. The zero-order chi connectivity index (χ0) is 17.8. The third-order valence-electron chi connectivity index (χ3n) is 4.53. The van der Waals surface area contributed by atoms with Gasteiger partial charge in [0.25, 0.3) is 0 Å². The molecule has 0 spiro atoms. The number of thiazole rings is 1. The summed E-state index contributed by atoms with van der Waals surface area (Å²) < 4.78 is 0. The number of rotatable bonds is 4. The summed E-state index contributed by atoms with van der Waals surface area (Å²) in [5, 5.41) is 5.79. The van der Waals surface area contributed by atoms with Gasteiger partial charge in [-0.05, 0) is 24.8 Å². The number of aliphatic imine (C=N–C) groups is 1. The van der Waals surface area contributed by atoms with Crippen molar-refractivity contribution >= 4 is 22.2 Å². The van der Waals surface area contributed by atoms with E-state index in [1.165, 1.54) is 23.5 Å². The topological polar surface area (TPSA) is 63.3 Å². The van der Waals surface area contributed by atoms with Crippen LogP contribution >= 0.6 is 11.3 Å². The van der Waals surface area contributed by atoms with E-state index < -0.39 is 0 Å². The minimum atomic E-state index is 0.567. The van der Waals surface area contributed by atoms with Gasteiger partial charge in [-0.3, -0.25) is 4.99 Å². The number of benzene rings is 2. The van der Waals surface area contributed by atoms with E-state index in [9.17, 15) is 0 Å². The smallest absolute Gasteiger partial charge is 0.125 e. The number of aryl methyl sites for hydroxylation is 1. The van der Waals surface area contributed by atoms with Gasteiger partial charge in [-0.1, -0.05) is 65.9 Å². The van der Waals surface area contributed by atoms with Gasteiger partial charge in [-0.15, -0.1) is 0 Å². The summed E-state index contributed by atoms with van der Waals surface area (Å²) in [6.07, 6.45) is 3.49. The normalized spacial score (nSPS) is 14.4. The average molecular weight is 363 g/mol. The molecule has 26 heavy (non-hydrogen) atoms. The second-order valence-corrected chi connectivity index (χ2v) is 7.44. The molecule has 5 heteroatoms. The van der Waals surface area contributed by atoms with Gasteiger partial charge in [-0.2, -0.15) is 0 Å². The highest BCUT2D eigenvalue weighted by Crippen LogP contribution is 2.34. The number of amidine groups is 1. The van der Waals surface area contributed by atoms with Crippen molar-refractivity contribution in [2.75, 3.05) is 11.9 Å². The van der Waals surface area contributed by atoms with E-state index in [0.717, 1.165) is 34.7 Å². The Balaban J connectivity index is 1.50. The monoisotopic (exact) mass is 362 g/mol. The highest BCUT2D eigenvalue weighted by Gasteiger charge is 2.14. The maximum Gasteiger partial charge on any atom is 0.125 e. The van der Waals surface area contributed by atoms with Crippen LogP contribution in [0.2, 0.25) is 0 Å². The van der Waals surface area contributed by atoms with Crippen molar-refractivity contribution in [2.45, 2.75) is 25.8 Å². The molecule has 2 aromatic carbocycles. The van der Waals surface area contributed by atoms with Crippen LogP contribution in [0.5, 0.6) is 0 Å². The predicted octanol–water partition coefficient (Wildman–Crippen LogP) is 4.46. The fourth-order valence-electron chi connectivity index (χ4n) is 3.04. The quantitative estimate of drug-likeness (QED) is 0.532. The van der Waals surface area contributed by atoms with Crippen LogP contribution in [0.4, 0.5) is 5.00 Å². The summed E-state index contributed by atoms with van der Waals surface area (Å²) in [5.74, 6) is 0.567. The van der Waals surface area contributed by atoms with Crippen LogP contribution in [-0.2, 0) is 13.0 Å². The summed E-state index contributed by atoms with van der Waals surface area (Å²) >= 11 is 1.74. The zero-order valence-electron chi connectivity index (χ0n) is 14.6. The third kappa shape index (κ3) is 3.78. The van der Waals surface area contributed by atoms with Crippen LogP contribution in [0.3, 0.4) is 0 Å². The Kier molecular flexibility index (Phi) is 4.97. The van der Waals surface area contributed by atoms with Crippen LogP contribution in [0.1, 0.15) is 29.7 Å². The van der Waals surface area contributed by atoms with Crippen LogP contribution < -0.4 is 11.1 Å². The molecular formula is C21H22N4S. The number of nitrogens with one attached hydrogen (secondary N) is 1. The minimum Gasteiger partial charge on any atom is -0.383 e. The molecule has 0 saturated carbocycles. The van der Waals surface area contributed by atoms with Gasteiger partial charge in [0.05, 0.1) is 12.2 Å². The summed E-state index contributed by atoms with van der Waals surface area (Å²) in [5.41, 5.74) is 10.6. The van der Waals surface area contributed by atoms with Crippen molar-refractivity contribution in [3.63, 3.8) is 0 Å². The molecule has 1 aliphatic heterocycles. The summed E-state index contributed by atoms with van der Waals surface area (Å²) in [6, 6.07) is 18.4.